The maximum Gasteiger partial charge on any atom is 0.0594 e. The molecule has 1 heterocycles. The first-order valence-corrected chi connectivity index (χ1v) is 8.11. The van der Waals surface area contributed by atoms with E-state index in [9.17, 15) is 0 Å². The molecule has 0 aromatic rings. The van der Waals surface area contributed by atoms with Crippen LogP contribution in [0.1, 0.15) is 44.9 Å². The van der Waals surface area contributed by atoms with E-state index < -0.39 is 0 Å². The van der Waals surface area contributed by atoms with Gasteiger partial charge in [-0.1, -0.05) is 12.8 Å². The Morgan fingerprint density at radius 2 is 1.50 bits per heavy atom. The zero-order valence-corrected chi connectivity index (χ0v) is 11.6. The Balaban J connectivity index is 1.51. The summed E-state index contributed by atoms with van der Waals surface area (Å²) in [5.74, 6) is 3.25. The van der Waals surface area contributed by atoms with Gasteiger partial charge in [-0.2, -0.15) is 0 Å². The summed E-state index contributed by atoms with van der Waals surface area (Å²) < 4.78 is 5.50. The number of fused-ring (bicyclic) bond motifs is 1. The Hall–Kier alpha value is -0.0800. The van der Waals surface area contributed by atoms with Crippen LogP contribution in [0.15, 0.2) is 0 Å². The molecular weight excluding hydrogens is 222 g/mol. The van der Waals surface area contributed by atoms with Gasteiger partial charge in [0.15, 0.2) is 0 Å². The number of morpholine rings is 1. The van der Waals surface area contributed by atoms with Gasteiger partial charge in [0.05, 0.1) is 13.2 Å². The van der Waals surface area contributed by atoms with E-state index in [2.05, 4.69) is 4.90 Å². The van der Waals surface area contributed by atoms with Gasteiger partial charge in [0.1, 0.15) is 0 Å². The van der Waals surface area contributed by atoms with Crippen LogP contribution in [0.3, 0.4) is 0 Å². The fraction of sp³-hybridized carbons (Fsp3) is 1.00. The van der Waals surface area contributed by atoms with Gasteiger partial charge in [0.25, 0.3) is 0 Å². The summed E-state index contributed by atoms with van der Waals surface area (Å²) in [5.41, 5.74) is 0.713. The first-order valence-electron chi connectivity index (χ1n) is 8.11. The minimum absolute atomic E-state index is 0.713. The number of rotatable bonds is 2. The molecule has 2 atom stereocenters. The maximum atomic E-state index is 5.50. The third kappa shape index (κ3) is 2.12. The fourth-order valence-electron chi connectivity index (χ4n) is 5.80. The molecule has 5 fully saturated rings. The molecule has 0 unspecified atom stereocenters. The number of nitrogens with zero attached hydrogens (tertiary/aromatic N) is 1. The molecule has 1 saturated heterocycles. The van der Waals surface area contributed by atoms with Crippen molar-refractivity contribution < 1.29 is 4.74 Å². The molecule has 1 aliphatic heterocycles. The fourth-order valence-corrected chi connectivity index (χ4v) is 5.80. The van der Waals surface area contributed by atoms with Crippen LogP contribution in [0, 0.1) is 23.2 Å². The normalized spacial score (nSPS) is 48.3. The van der Waals surface area contributed by atoms with Gasteiger partial charge in [-0.3, -0.25) is 4.90 Å². The van der Waals surface area contributed by atoms with Gasteiger partial charge < -0.3 is 4.74 Å². The van der Waals surface area contributed by atoms with Crippen molar-refractivity contribution in [3.63, 3.8) is 0 Å². The molecule has 5 aliphatic rings. The van der Waals surface area contributed by atoms with Crippen molar-refractivity contribution in [3.05, 3.63) is 0 Å². The van der Waals surface area contributed by atoms with Crippen molar-refractivity contribution in [2.75, 3.05) is 32.8 Å². The van der Waals surface area contributed by atoms with Crippen LogP contribution >= 0.6 is 0 Å². The molecule has 0 N–H and O–H groups in total. The van der Waals surface area contributed by atoms with E-state index >= 15 is 0 Å². The summed E-state index contributed by atoms with van der Waals surface area (Å²) in [6.45, 7) is 5.68. The van der Waals surface area contributed by atoms with Crippen molar-refractivity contribution in [1.82, 2.24) is 4.90 Å². The highest BCUT2D eigenvalue weighted by Crippen LogP contribution is 2.57. The van der Waals surface area contributed by atoms with Gasteiger partial charge in [-0.25, -0.2) is 0 Å². The van der Waals surface area contributed by atoms with E-state index in [0.717, 1.165) is 31.0 Å². The average molecular weight is 249 g/mol. The summed E-state index contributed by atoms with van der Waals surface area (Å²) in [4.78, 5) is 2.70. The molecule has 102 valence electrons. The van der Waals surface area contributed by atoms with Gasteiger partial charge in [-0.15, -0.1) is 0 Å². The molecule has 0 amide bonds. The summed E-state index contributed by atoms with van der Waals surface area (Å²) in [5, 5.41) is 0. The summed E-state index contributed by atoms with van der Waals surface area (Å²) >= 11 is 0. The molecule has 4 aliphatic carbocycles. The minimum atomic E-state index is 0.713. The molecule has 0 aromatic carbocycles. The Morgan fingerprint density at radius 3 is 2.17 bits per heavy atom. The molecule has 2 nitrogen and oxygen atoms in total. The zero-order valence-electron chi connectivity index (χ0n) is 11.6. The molecular formula is C16H27NO. The van der Waals surface area contributed by atoms with Gasteiger partial charge >= 0.3 is 0 Å². The maximum absolute atomic E-state index is 5.50. The smallest absolute Gasteiger partial charge is 0.0594 e. The third-order valence-corrected chi connectivity index (χ3v) is 6.14. The predicted molar refractivity (Wildman–Crippen MR) is 72.5 cm³/mol. The van der Waals surface area contributed by atoms with Gasteiger partial charge in [-0.05, 0) is 55.3 Å². The lowest BCUT2D eigenvalue weighted by molar-refractivity contribution is -0.0296. The Kier molecular flexibility index (Phi) is 2.92. The predicted octanol–water partition coefficient (Wildman–Crippen LogP) is 2.93. The lowest BCUT2D eigenvalue weighted by Crippen LogP contribution is -2.48. The van der Waals surface area contributed by atoms with Crippen LogP contribution in [-0.2, 0) is 4.74 Å². The number of hydrogen-bond acceptors (Lipinski definition) is 2. The molecule has 0 aromatic heterocycles. The van der Waals surface area contributed by atoms with E-state index in [4.69, 9.17) is 4.74 Å². The van der Waals surface area contributed by atoms with Crippen LogP contribution in [0.25, 0.3) is 0 Å². The van der Waals surface area contributed by atoms with Gasteiger partial charge in [0, 0.05) is 19.6 Å². The average Bonchev–Trinajstić information content (AvgIpc) is 2.56. The largest absolute Gasteiger partial charge is 0.379 e. The number of ether oxygens (including phenoxy) is 1. The van der Waals surface area contributed by atoms with E-state index in [1.165, 1.54) is 19.6 Å². The highest BCUT2D eigenvalue weighted by Gasteiger charge is 2.48. The summed E-state index contributed by atoms with van der Waals surface area (Å²) in [6, 6.07) is 0. The van der Waals surface area contributed by atoms with Crippen molar-refractivity contribution >= 4 is 0 Å². The van der Waals surface area contributed by atoms with Crippen LogP contribution < -0.4 is 0 Å². The zero-order chi connectivity index (χ0) is 12.0. The molecule has 18 heavy (non-hydrogen) atoms. The Bertz CT molecular complexity index is 294. The summed E-state index contributed by atoms with van der Waals surface area (Å²) in [7, 11) is 0. The molecule has 0 spiro atoms. The second kappa shape index (κ2) is 4.49. The third-order valence-electron chi connectivity index (χ3n) is 6.14. The van der Waals surface area contributed by atoms with E-state index in [1.807, 2.05) is 0 Å². The highest BCUT2D eigenvalue weighted by molar-refractivity contribution is 5.00. The van der Waals surface area contributed by atoms with Crippen molar-refractivity contribution in [2.24, 2.45) is 23.2 Å². The van der Waals surface area contributed by atoms with Gasteiger partial charge in [0.2, 0.25) is 0 Å². The van der Waals surface area contributed by atoms with Crippen molar-refractivity contribution in [3.8, 4) is 0 Å². The minimum Gasteiger partial charge on any atom is -0.379 e. The second-order valence-corrected chi connectivity index (χ2v) is 7.65. The van der Waals surface area contributed by atoms with Crippen LogP contribution in [0.5, 0.6) is 0 Å². The van der Waals surface area contributed by atoms with E-state index in [-0.39, 0.29) is 0 Å². The number of hydrogen-bond donors (Lipinski definition) is 0. The highest BCUT2D eigenvalue weighted by atomic mass is 16.5. The monoisotopic (exact) mass is 249 g/mol. The Morgan fingerprint density at radius 1 is 0.889 bits per heavy atom. The Labute approximate surface area is 111 Å². The van der Waals surface area contributed by atoms with Crippen LogP contribution in [0.2, 0.25) is 0 Å². The standard InChI is InChI=1S/C16H27NO/c1-2-14-8-15-7-13(1)9-16(10-14,11-15)12-17-3-5-18-6-4-17/h13-15H,1-12H2/t13-,14-,15?,16?/m0/s1. The van der Waals surface area contributed by atoms with E-state index in [0.29, 0.717) is 5.41 Å². The molecule has 2 heteroatoms. The van der Waals surface area contributed by atoms with E-state index in [1.54, 1.807) is 44.9 Å². The second-order valence-electron chi connectivity index (χ2n) is 7.65. The molecule has 4 bridgehead atoms. The quantitative estimate of drug-likeness (QED) is 0.746. The lowest BCUT2D eigenvalue weighted by Gasteiger charge is -2.50. The SMILES string of the molecule is C1CN(CC23CC4C[C@H](CC[C@@H](C4)C2)C3)CCO1. The molecule has 5 rings (SSSR count). The topological polar surface area (TPSA) is 12.5 Å². The van der Waals surface area contributed by atoms with Crippen LogP contribution in [-0.4, -0.2) is 37.7 Å². The first-order chi connectivity index (χ1) is 8.81. The van der Waals surface area contributed by atoms with Crippen molar-refractivity contribution in [1.29, 1.82) is 0 Å². The summed E-state index contributed by atoms with van der Waals surface area (Å²) in [6.07, 6.45) is 10.9. The van der Waals surface area contributed by atoms with Crippen molar-refractivity contribution in [2.45, 2.75) is 44.9 Å². The van der Waals surface area contributed by atoms with Crippen LogP contribution in [0.4, 0.5) is 0 Å². The lowest BCUT2D eigenvalue weighted by atomic mass is 9.58. The molecule has 0 radical (unpaired) electrons. The molecule has 4 saturated carbocycles. The first kappa shape index (κ1) is 11.7.